The molecule has 0 aliphatic rings. The molecule has 0 atom stereocenters. The highest BCUT2D eigenvalue weighted by atomic mass is 16.5. The summed E-state index contributed by atoms with van der Waals surface area (Å²) in [6.45, 7) is 0.940. The van der Waals surface area contributed by atoms with E-state index in [2.05, 4.69) is 10.3 Å². The van der Waals surface area contributed by atoms with E-state index in [4.69, 9.17) is 10.5 Å². The number of nitrogens with zero attached hydrogens (tertiary/aromatic N) is 1. The molecule has 1 amide bonds. The van der Waals surface area contributed by atoms with Crippen molar-refractivity contribution in [1.29, 1.82) is 0 Å². The molecule has 21 heavy (non-hydrogen) atoms. The molecule has 0 spiro atoms. The zero-order chi connectivity index (χ0) is 14.9. The maximum absolute atomic E-state index is 11.7. The Hall–Kier alpha value is -2.40. The van der Waals surface area contributed by atoms with Gasteiger partial charge in [0.1, 0.15) is 5.75 Å². The molecule has 1 heterocycles. The van der Waals surface area contributed by atoms with Crippen molar-refractivity contribution < 1.29 is 9.53 Å². The number of carbonyl (C=O) groups excluding carboxylic acids is 1. The molecule has 0 fully saturated rings. The Bertz CT molecular complexity index is 573. The molecule has 0 aliphatic heterocycles. The summed E-state index contributed by atoms with van der Waals surface area (Å²) in [5.74, 6) is 0.508. The maximum Gasteiger partial charge on any atom is 0.257 e. The third-order valence-electron chi connectivity index (χ3n) is 3.01. The number of carbonyl (C=O) groups is 1. The largest absolute Gasteiger partial charge is 0.483 e. The molecule has 5 nitrogen and oxygen atoms in total. The Morgan fingerprint density at radius 2 is 2.10 bits per heavy atom. The van der Waals surface area contributed by atoms with Crippen LogP contribution in [-0.2, 0) is 17.8 Å². The Balaban J connectivity index is 1.72. The molecule has 0 aliphatic carbocycles. The lowest BCUT2D eigenvalue weighted by Crippen LogP contribution is -2.30. The average molecular weight is 285 g/mol. The first-order chi connectivity index (χ1) is 10.3. The standard InChI is InChI=1S/C16H19N3O2/c17-10-14-5-1-2-6-15(14)21-12-16(20)19-9-7-13-4-3-8-18-11-13/h1-6,8,11H,7,9-10,12,17H2,(H,19,20). The molecule has 1 aromatic carbocycles. The molecule has 5 heteroatoms. The number of nitrogens with one attached hydrogen (secondary N) is 1. The summed E-state index contributed by atoms with van der Waals surface area (Å²) in [5.41, 5.74) is 7.59. The first-order valence-electron chi connectivity index (χ1n) is 6.86. The van der Waals surface area contributed by atoms with Crippen LogP contribution in [0.3, 0.4) is 0 Å². The van der Waals surface area contributed by atoms with Gasteiger partial charge in [0.15, 0.2) is 6.61 Å². The fourth-order valence-electron chi connectivity index (χ4n) is 1.90. The number of hydrogen-bond donors (Lipinski definition) is 2. The highest BCUT2D eigenvalue weighted by Gasteiger charge is 2.05. The summed E-state index contributed by atoms with van der Waals surface area (Å²) in [6, 6.07) is 11.3. The SMILES string of the molecule is NCc1ccccc1OCC(=O)NCCc1cccnc1. The lowest BCUT2D eigenvalue weighted by molar-refractivity contribution is -0.123. The molecule has 1 aromatic heterocycles. The summed E-state index contributed by atoms with van der Waals surface area (Å²) in [5, 5.41) is 2.82. The van der Waals surface area contributed by atoms with Crippen molar-refractivity contribution in [3.8, 4) is 5.75 Å². The number of hydrogen-bond acceptors (Lipinski definition) is 4. The highest BCUT2D eigenvalue weighted by molar-refractivity contribution is 5.77. The van der Waals surface area contributed by atoms with Crippen LogP contribution in [0.2, 0.25) is 0 Å². The van der Waals surface area contributed by atoms with Gasteiger partial charge in [-0.1, -0.05) is 24.3 Å². The molecular weight excluding hydrogens is 266 g/mol. The minimum absolute atomic E-state index is 0.00987. The average Bonchev–Trinajstić information content (AvgIpc) is 2.54. The van der Waals surface area contributed by atoms with E-state index in [1.165, 1.54) is 0 Å². The second-order valence-corrected chi connectivity index (χ2v) is 4.56. The predicted octanol–water partition coefficient (Wildman–Crippen LogP) is 1.28. The van der Waals surface area contributed by atoms with Gasteiger partial charge in [-0.3, -0.25) is 9.78 Å². The minimum Gasteiger partial charge on any atom is -0.483 e. The van der Waals surface area contributed by atoms with Gasteiger partial charge in [0.25, 0.3) is 5.91 Å². The molecule has 0 saturated carbocycles. The highest BCUT2D eigenvalue weighted by Crippen LogP contribution is 2.16. The Labute approximate surface area is 124 Å². The lowest BCUT2D eigenvalue weighted by Gasteiger charge is -2.10. The normalized spacial score (nSPS) is 10.1. The van der Waals surface area contributed by atoms with E-state index in [-0.39, 0.29) is 12.5 Å². The van der Waals surface area contributed by atoms with E-state index < -0.39 is 0 Å². The molecule has 0 radical (unpaired) electrons. The van der Waals surface area contributed by atoms with Crippen LogP contribution in [0.15, 0.2) is 48.8 Å². The molecule has 0 bridgehead atoms. The Morgan fingerprint density at radius 1 is 1.24 bits per heavy atom. The van der Waals surface area contributed by atoms with E-state index in [1.807, 2.05) is 36.4 Å². The van der Waals surface area contributed by atoms with E-state index >= 15 is 0 Å². The summed E-state index contributed by atoms with van der Waals surface area (Å²) in [6.07, 6.45) is 4.27. The van der Waals surface area contributed by atoms with Crippen LogP contribution in [0.25, 0.3) is 0 Å². The molecule has 110 valence electrons. The number of aromatic nitrogens is 1. The van der Waals surface area contributed by atoms with Crippen molar-refractivity contribution in [3.63, 3.8) is 0 Å². The van der Waals surface area contributed by atoms with Crippen molar-refractivity contribution in [2.24, 2.45) is 5.73 Å². The van der Waals surface area contributed by atoms with E-state index in [1.54, 1.807) is 12.4 Å². The quantitative estimate of drug-likeness (QED) is 0.803. The molecule has 2 rings (SSSR count). The molecule has 0 saturated heterocycles. The van der Waals surface area contributed by atoms with Crippen LogP contribution in [0, 0.1) is 0 Å². The number of pyridine rings is 1. The summed E-state index contributed by atoms with van der Waals surface area (Å²) >= 11 is 0. The lowest BCUT2D eigenvalue weighted by atomic mass is 10.2. The number of rotatable bonds is 7. The molecular formula is C16H19N3O2. The van der Waals surface area contributed by atoms with Crippen LogP contribution in [0.5, 0.6) is 5.75 Å². The second kappa shape index (κ2) is 8.01. The third-order valence-corrected chi connectivity index (χ3v) is 3.01. The zero-order valence-electron chi connectivity index (χ0n) is 11.8. The van der Waals surface area contributed by atoms with Gasteiger partial charge < -0.3 is 15.8 Å². The first-order valence-corrected chi connectivity index (χ1v) is 6.86. The van der Waals surface area contributed by atoms with Crippen LogP contribution in [0.4, 0.5) is 0 Å². The summed E-state index contributed by atoms with van der Waals surface area (Å²) in [4.78, 5) is 15.8. The fourth-order valence-corrected chi connectivity index (χ4v) is 1.90. The second-order valence-electron chi connectivity index (χ2n) is 4.56. The number of amides is 1. The monoisotopic (exact) mass is 285 g/mol. The van der Waals surface area contributed by atoms with E-state index in [0.29, 0.717) is 18.8 Å². The number of ether oxygens (including phenoxy) is 1. The number of nitrogens with two attached hydrogens (primary N) is 1. The molecule has 2 aromatic rings. The summed E-state index contributed by atoms with van der Waals surface area (Å²) in [7, 11) is 0. The maximum atomic E-state index is 11.7. The van der Waals surface area contributed by atoms with Crippen molar-refractivity contribution in [3.05, 3.63) is 59.9 Å². The van der Waals surface area contributed by atoms with Gasteiger partial charge in [-0.2, -0.15) is 0 Å². The molecule has 3 N–H and O–H groups in total. The van der Waals surface area contributed by atoms with Crippen molar-refractivity contribution in [1.82, 2.24) is 10.3 Å². The van der Waals surface area contributed by atoms with Crippen molar-refractivity contribution in [2.75, 3.05) is 13.2 Å². The van der Waals surface area contributed by atoms with Gasteiger partial charge in [0.2, 0.25) is 0 Å². The van der Waals surface area contributed by atoms with Gasteiger partial charge in [-0.15, -0.1) is 0 Å². The van der Waals surface area contributed by atoms with Gasteiger partial charge in [-0.25, -0.2) is 0 Å². The molecule has 0 unspecified atom stereocenters. The van der Waals surface area contributed by atoms with Crippen LogP contribution >= 0.6 is 0 Å². The Morgan fingerprint density at radius 3 is 2.86 bits per heavy atom. The fraction of sp³-hybridized carbons (Fsp3) is 0.250. The minimum atomic E-state index is -0.147. The van der Waals surface area contributed by atoms with Crippen molar-refractivity contribution >= 4 is 5.91 Å². The van der Waals surface area contributed by atoms with Gasteiger partial charge >= 0.3 is 0 Å². The van der Waals surface area contributed by atoms with Gasteiger partial charge in [0.05, 0.1) is 0 Å². The summed E-state index contributed by atoms with van der Waals surface area (Å²) < 4.78 is 5.49. The smallest absolute Gasteiger partial charge is 0.257 e. The van der Waals surface area contributed by atoms with E-state index in [9.17, 15) is 4.79 Å². The van der Waals surface area contributed by atoms with Crippen LogP contribution in [-0.4, -0.2) is 24.0 Å². The van der Waals surface area contributed by atoms with Crippen LogP contribution < -0.4 is 15.8 Å². The Kier molecular flexibility index (Phi) is 5.72. The number of benzene rings is 1. The topological polar surface area (TPSA) is 77.2 Å². The van der Waals surface area contributed by atoms with Crippen LogP contribution in [0.1, 0.15) is 11.1 Å². The van der Waals surface area contributed by atoms with Gasteiger partial charge in [0, 0.05) is 31.0 Å². The van der Waals surface area contributed by atoms with Crippen molar-refractivity contribution in [2.45, 2.75) is 13.0 Å². The number of para-hydroxylation sites is 1. The third kappa shape index (κ3) is 4.89. The zero-order valence-corrected chi connectivity index (χ0v) is 11.8. The first kappa shape index (κ1) is 15.0. The predicted molar refractivity (Wildman–Crippen MR) is 80.8 cm³/mol. The van der Waals surface area contributed by atoms with Gasteiger partial charge in [-0.05, 0) is 24.1 Å². The van der Waals surface area contributed by atoms with E-state index in [0.717, 1.165) is 17.5 Å².